The lowest BCUT2D eigenvalue weighted by molar-refractivity contribution is 0.785. The molecular formula is C18H24N8S. The van der Waals surface area contributed by atoms with Crippen LogP contribution < -0.4 is 16.0 Å². The fraction of sp³-hybridized carbons (Fsp3) is 0.333. The van der Waals surface area contributed by atoms with Gasteiger partial charge in [0, 0.05) is 44.4 Å². The Morgan fingerprint density at radius 3 is 2.74 bits per heavy atom. The van der Waals surface area contributed by atoms with E-state index in [9.17, 15) is 0 Å². The molecular weight excluding hydrogens is 360 g/mol. The minimum atomic E-state index is 0.709. The third-order valence-corrected chi connectivity index (χ3v) is 4.88. The molecule has 8 nitrogen and oxygen atoms in total. The second-order valence-corrected chi connectivity index (χ2v) is 6.91. The van der Waals surface area contributed by atoms with Crippen molar-refractivity contribution in [2.75, 3.05) is 37.8 Å². The number of hydrogen-bond acceptors (Lipinski definition) is 6. The van der Waals surface area contributed by atoms with E-state index in [1.165, 1.54) is 4.90 Å². The third kappa shape index (κ3) is 5.33. The van der Waals surface area contributed by atoms with E-state index in [-0.39, 0.29) is 0 Å². The fourth-order valence-electron chi connectivity index (χ4n) is 2.54. The van der Waals surface area contributed by atoms with Gasteiger partial charge in [0.1, 0.15) is 12.1 Å². The van der Waals surface area contributed by atoms with Crippen molar-refractivity contribution in [3.8, 4) is 0 Å². The van der Waals surface area contributed by atoms with E-state index >= 15 is 0 Å². The van der Waals surface area contributed by atoms with Crippen molar-refractivity contribution in [3.05, 3.63) is 42.9 Å². The lowest BCUT2D eigenvalue weighted by atomic mass is 10.4. The first-order chi connectivity index (χ1) is 13.3. The Balaban J connectivity index is 1.37. The molecule has 3 N–H and O–H groups in total. The van der Waals surface area contributed by atoms with Crippen LogP contribution in [-0.2, 0) is 7.05 Å². The Labute approximate surface area is 162 Å². The molecule has 0 saturated heterocycles. The maximum atomic E-state index is 4.29. The predicted octanol–water partition coefficient (Wildman–Crippen LogP) is 1.73. The highest BCUT2D eigenvalue weighted by atomic mass is 32.2. The fourth-order valence-corrected chi connectivity index (χ4v) is 3.33. The highest BCUT2D eigenvalue weighted by Crippen LogP contribution is 2.17. The lowest BCUT2D eigenvalue weighted by Crippen LogP contribution is -2.40. The van der Waals surface area contributed by atoms with Crippen LogP contribution in [0.5, 0.6) is 0 Å². The van der Waals surface area contributed by atoms with Gasteiger partial charge in [-0.05, 0) is 12.1 Å². The molecule has 0 saturated carbocycles. The Morgan fingerprint density at radius 2 is 1.93 bits per heavy atom. The second-order valence-electron chi connectivity index (χ2n) is 5.74. The van der Waals surface area contributed by atoms with Crippen molar-refractivity contribution >= 4 is 34.6 Å². The summed E-state index contributed by atoms with van der Waals surface area (Å²) in [5.74, 6) is 2.56. The summed E-state index contributed by atoms with van der Waals surface area (Å²) < 4.78 is 1.74. The van der Waals surface area contributed by atoms with Crippen LogP contribution in [-0.4, -0.2) is 58.1 Å². The number of nitrogens with one attached hydrogen (secondary N) is 3. The second kappa shape index (κ2) is 9.77. The normalized spacial score (nSPS) is 11.6. The number of thioether (sulfide) groups is 1. The zero-order chi connectivity index (χ0) is 18.9. The summed E-state index contributed by atoms with van der Waals surface area (Å²) in [5.41, 5.74) is 0.814. The number of anilines is 1. The van der Waals surface area contributed by atoms with Gasteiger partial charge < -0.3 is 16.0 Å². The van der Waals surface area contributed by atoms with Crippen molar-refractivity contribution in [1.82, 2.24) is 30.4 Å². The molecule has 0 aliphatic rings. The number of aromatic nitrogens is 4. The Hall–Kier alpha value is -2.81. The molecule has 0 radical (unpaired) electrons. The minimum absolute atomic E-state index is 0.709. The average Bonchev–Trinajstić information content (AvgIpc) is 3.09. The molecule has 0 bridgehead atoms. The van der Waals surface area contributed by atoms with E-state index in [1.807, 2.05) is 24.9 Å². The number of aryl methyl sites for hydroxylation is 1. The largest absolute Gasteiger partial charge is 0.368 e. The first-order valence-electron chi connectivity index (χ1n) is 8.77. The molecule has 9 heteroatoms. The topological polar surface area (TPSA) is 92.1 Å². The summed E-state index contributed by atoms with van der Waals surface area (Å²) in [6, 6.07) is 10.4. The van der Waals surface area contributed by atoms with E-state index in [4.69, 9.17) is 0 Å². The quantitative estimate of drug-likeness (QED) is 0.236. The number of nitrogens with zero attached hydrogens (tertiary/aromatic N) is 5. The molecule has 142 valence electrons. The summed E-state index contributed by atoms with van der Waals surface area (Å²) in [6.07, 6.45) is 3.32. The highest BCUT2D eigenvalue weighted by Gasteiger charge is 2.07. The molecule has 2 aromatic heterocycles. The Bertz CT molecular complexity index is 877. The summed E-state index contributed by atoms with van der Waals surface area (Å²) in [7, 11) is 3.64. The molecule has 3 rings (SSSR count). The van der Waals surface area contributed by atoms with Crippen molar-refractivity contribution in [2.45, 2.75) is 4.90 Å². The number of guanidine groups is 1. The first-order valence-corrected chi connectivity index (χ1v) is 9.75. The molecule has 0 unspecified atom stereocenters. The molecule has 2 heterocycles. The zero-order valence-electron chi connectivity index (χ0n) is 15.5. The molecule has 27 heavy (non-hydrogen) atoms. The molecule has 3 aromatic rings. The molecule has 0 aliphatic heterocycles. The van der Waals surface area contributed by atoms with Gasteiger partial charge in [-0.1, -0.05) is 18.2 Å². The van der Waals surface area contributed by atoms with Gasteiger partial charge in [0.05, 0.1) is 11.6 Å². The van der Waals surface area contributed by atoms with Crippen LogP contribution in [0.4, 0.5) is 5.82 Å². The van der Waals surface area contributed by atoms with E-state index in [0.29, 0.717) is 6.54 Å². The van der Waals surface area contributed by atoms with Crippen molar-refractivity contribution in [2.24, 2.45) is 12.0 Å². The van der Waals surface area contributed by atoms with E-state index in [0.717, 1.165) is 41.7 Å². The van der Waals surface area contributed by atoms with E-state index in [1.54, 1.807) is 24.3 Å². The van der Waals surface area contributed by atoms with Crippen LogP contribution in [0.25, 0.3) is 11.0 Å². The summed E-state index contributed by atoms with van der Waals surface area (Å²) >= 11 is 1.82. The number of fused-ring (bicyclic) bond motifs is 1. The third-order valence-electron chi connectivity index (χ3n) is 3.87. The average molecular weight is 385 g/mol. The van der Waals surface area contributed by atoms with Gasteiger partial charge in [0.15, 0.2) is 11.6 Å². The van der Waals surface area contributed by atoms with Gasteiger partial charge >= 0.3 is 0 Å². The molecule has 0 fully saturated rings. The lowest BCUT2D eigenvalue weighted by Gasteiger charge is -2.12. The smallest absolute Gasteiger partial charge is 0.191 e. The summed E-state index contributed by atoms with van der Waals surface area (Å²) in [4.78, 5) is 14.1. The van der Waals surface area contributed by atoms with Crippen LogP contribution in [0.1, 0.15) is 0 Å². The minimum Gasteiger partial charge on any atom is -0.368 e. The van der Waals surface area contributed by atoms with E-state index in [2.05, 4.69) is 60.3 Å². The number of rotatable bonds is 8. The summed E-state index contributed by atoms with van der Waals surface area (Å²) in [5, 5.41) is 15.1. The van der Waals surface area contributed by atoms with Crippen LogP contribution in [0.15, 0.2) is 52.7 Å². The van der Waals surface area contributed by atoms with Crippen molar-refractivity contribution < 1.29 is 0 Å². The molecule has 0 aliphatic carbocycles. The number of aliphatic imine (C=N–C) groups is 1. The van der Waals surface area contributed by atoms with Gasteiger partial charge in [-0.2, -0.15) is 5.10 Å². The number of benzene rings is 1. The Kier molecular flexibility index (Phi) is 6.86. The van der Waals surface area contributed by atoms with Crippen LogP contribution in [0.3, 0.4) is 0 Å². The SMILES string of the molecule is CN=C(NCCNc1ncnc2c1cnn2C)NCCSc1ccccc1. The molecule has 0 atom stereocenters. The van der Waals surface area contributed by atoms with E-state index < -0.39 is 0 Å². The van der Waals surface area contributed by atoms with Gasteiger partial charge in [-0.3, -0.25) is 9.67 Å². The first kappa shape index (κ1) is 19.0. The maximum Gasteiger partial charge on any atom is 0.191 e. The maximum absolute atomic E-state index is 4.29. The van der Waals surface area contributed by atoms with Gasteiger partial charge in [0.2, 0.25) is 0 Å². The highest BCUT2D eigenvalue weighted by molar-refractivity contribution is 7.99. The van der Waals surface area contributed by atoms with Crippen molar-refractivity contribution in [3.63, 3.8) is 0 Å². The monoisotopic (exact) mass is 384 g/mol. The molecule has 0 amide bonds. The standard InChI is InChI=1S/C18H24N8S/c1-19-18(22-10-11-27-14-6-4-3-5-7-14)21-9-8-20-16-15-12-25-26(2)17(15)24-13-23-16/h3-7,12-13H,8-11H2,1-2H3,(H2,19,21,22)(H,20,23,24). The Morgan fingerprint density at radius 1 is 1.11 bits per heavy atom. The molecule has 1 aromatic carbocycles. The van der Waals surface area contributed by atoms with Gasteiger partial charge in [-0.15, -0.1) is 11.8 Å². The molecule has 0 spiro atoms. The van der Waals surface area contributed by atoms with Crippen molar-refractivity contribution in [1.29, 1.82) is 0 Å². The van der Waals surface area contributed by atoms with Crippen LogP contribution in [0.2, 0.25) is 0 Å². The van der Waals surface area contributed by atoms with Crippen LogP contribution >= 0.6 is 11.8 Å². The van der Waals surface area contributed by atoms with Gasteiger partial charge in [-0.25, -0.2) is 9.97 Å². The zero-order valence-corrected chi connectivity index (χ0v) is 16.3. The number of hydrogen-bond donors (Lipinski definition) is 3. The predicted molar refractivity (Wildman–Crippen MR) is 111 cm³/mol. The van der Waals surface area contributed by atoms with Crippen LogP contribution in [0, 0.1) is 0 Å². The summed E-state index contributed by atoms with van der Waals surface area (Å²) in [6.45, 7) is 2.27. The van der Waals surface area contributed by atoms with Gasteiger partial charge in [0.25, 0.3) is 0 Å².